The third-order valence-corrected chi connectivity index (χ3v) is 4.50. The number of carbonyl (C=O) groups excluding carboxylic acids is 1. The SMILES string of the molecule is Cn1cc(-c2cnc3cnc(CC(=O)CN4CCCC4)cc3c2)nn1. The second kappa shape index (κ2) is 6.68. The highest BCUT2D eigenvalue weighted by Crippen LogP contribution is 2.21. The van der Waals surface area contributed by atoms with E-state index in [0.717, 1.165) is 40.9 Å². The van der Waals surface area contributed by atoms with Crippen molar-refractivity contribution >= 4 is 16.7 Å². The Kier molecular flexibility index (Phi) is 4.23. The molecule has 1 saturated heterocycles. The molecule has 7 heteroatoms. The van der Waals surface area contributed by atoms with E-state index >= 15 is 0 Å². The molecule has 0 atom stereocenters. The van der Waals surface area contributed by atoms with Crippen LogP contribution in [0.5, 0.6) is 0 Å². The minimum absolute atomic E-state index is 0.215. The maximum Gasteiger partial charge on any atom is 0.152 e. The molecule has 0 amide bonds. The van der Waals surface area contributed by atoms with Gasteiger partial charge in [-0.3, -0.25) is 24.3 Å². The molecule has 7 nitrogen and oxygen atoms in total. The normalized spacial score (nSPS) is 15.1. The number of aryl methyl sites for hydroxylation is 1. The van der Waals surface area contributed by atoms with E-state index in [1.165, 1.54) is 12.8 Å². The van der Waals surface area contributed by atoms with E-state index in [1.54, 1.807) is 17.1 Å². The number of rotatable bonds is 5. The second-order valence-corrected chi connectivity index (χ2v) is 6.57. The van der Waals surface area contributed by atoms with E-state index in [9.17, 15) is 4.79 Å². The van der Waals surface area contributed by atoms with Crippen molar-refractivity contribution in [3.05, 3.63) is 36.4 Å². The summed E-state index contributed by atoms with van der Waals surface area (Å²) < 4.78 is 1.66. The first-order chi connectivity index (χ1) is 12.2. The predicted octanol–water partition coefficient (Wildman–Crippen LogP) is 1.63. The molecule has 4 heterocycles. The van der Waals surface area contributed by atoms with Crippen LogP contribution in [0.1, 0.15) is 18.5 Å². The van der Waals surface area contributed by atoms with Crippen molar-refractivity contribution in [2.45, 2.75) is 19.3 Å². The fourth-order valence-corrected chi connectivity index (χ4v) is 3.24. The zero-order chi connectivity index (χ0) is 17.2. The minimum atomic E-state index is 0.215. The Morgan fingerprint density at radius 2 is 2.00 bits per heavy atom. The number of pyridine rings is 2. The average molecular weight is 336 g/mol. The Balaban J connectivity index is 1.54. The fraction of sp³-hybridized carbons (Fsp3) is 0.389. The zero-order valence-electron chi connectivity index (χ0n) is 14.2. The quantitative estimate of drug-likeness (QED) is 0.705. The van der Waals surface area contributed by atoms with Crippen LogP contribution < -0.4 is 0 Å². The van der Waals surface area contributed by atoms with Gasteiger partial charge in [0, 0.05) is 29.9 Å². The summed E-state index contributed by atoms with van der Waals surface area (Å²) in [6.45, 7) is 2.59. The maximum atomic E-state index is 12.3. The Labute approximate surface area is 145 Å². The van der Waals surface area contributed by atoms with Crippen LogP contribution in [0.4, 0.5) is 0 Å². The van der Waals surface area contributed by atoms with E-state index in [1.807, 2.05) is 25.4 Å². The van der Waals surface area contributed by atoms with Gasteiger partial charge in [0.15, 0.2) is 5.78 Å². The molecule has 1 aliphatic heterocycles. The van der Waals surface area contributed by atoms with Crippen molar-refractivity contribution < 1.29 is 4.79 Å². The highest BCUT2D eigenvalue weighted by Gasteiger charge is 2.16. The Hall–Kier alpha value is -2.67. The fourth-order valence-electron chi connectivity index (χ4n) is 3.24. The number of Topliss-reactive ketones (excluding diaryl/α,β-unsaturated/α-hetero) is 1. The molecular weight excluding hydrogens is 316 g/mol. The molecule has 4 rings (SSSR count). The van der Waals surface area contributed by atoms with Gasteiger partial charge in [0.2, 0.25) is 0 Å². The molecule has 0 bridgehead atoms. The molecular formula is C18H20N6O. The summed E-state index contributed by atoms with van der Waals surface area (Å²) in [7, 11) is 1.83. The smallest absolute Gasteiger partial charge is 0.152 e. The first-order valence-corrected chi connectivity index (χ1v) is 8.53. The molecule has 1 aliphatic rings. The van der Waals surface area contributed by atoms with Crippen LogP contribution in [-0.4, -0.2) is 55.3 Å². The van der Waals surface area contributed by atoms with Gasteiger partial charge in [-0.1, -0.05) is 5.21 Å². The van der Waals surface area contributed by atoms with Crippen molar-refractivity contribution in [1.29, 1.82) is 0 Å². The van der Waals surface area contributed by atoms with E-state index in [4.69, 9.17) is 0 Å². The van der Waals surface area contributed by atoms with Crippen molar-refractivity contribution in [1.82, 2.24) is 29.9 Å². The predicted molar refractivity (Wildman–Crippen MR) is 93.9 cm³/mol. The molecule has 3 aromatic rings. The summed E-state index contributed by atoms with van der Waals surface area (Å²) in [4.78, 5) is 23.3. The van der Waals surface area contributed by atoms with Crippen LogP contribution >= 0.6 is 0 Å². The number of ketones is 1. The molecule has 128 valence electrons. The van der Waals surface area contributed by atoms with Crippen molar-refractivity contribution in [2.24, 2.45) is 7.05 Å². The van der Waals surface area contributed by atoms with E-state index in [0.29, 0.717) is 13.0 Å². The van der Waals surface area contributed by atoms with Gasteiger partial charge in [0.05, 0.1) is 30.9 Å². The minimum Gasteiger partial charge on any atom is -0.298 e. The van der Waals surface area contributed by atoms with Crippen LogP contribution in [0.3, 0.4) is 0 Å². The van der Waals surface area contributed by atoms with Crippen molar-refractivity contribution in [2.75, 3.05) is 19.6 Å². The van der Waals surface area contributed by atoms with E-state index in [-0.39, 0.29) is 5.78 Å². The van der Waals surface area contributed by atoms with Gasteiger partial charge in [-0.15, -0.1) is 5.10 Å². The van der Waals surface area contributed by atoms with Crippen LogP contribution in [0.25, 0.3) is 22.2 Å². The lowest BCUT2D eigenvalue weighted by molar-refractivity contribution is -0.119. The molecule has 3 aromatic heterocycles. The number of aromatic nitrogens is 5. The first kappa shape index (κ1) is 15.8. The summed E-state index contributed by atoms with van der Waals surface area (Å²) in [5, 5.41) is 9.04. The average Bonchev–Trinajstić information content (AvgIpc) is 3.26. The Morgan fingerprint density at radius 3 is 2.76 bits per heavy atom. The first-order valence-electron chi connectivity index (χ1n) is 8.53. The monoisotopic (exact) mass is 336 g/mol. The Morgan fingerprint density at radius 1 is 1.16 bits per heavy atom. The maximum absolute atomic E-state index is 12.3. The van der Waals surface area contributed by atoms with Crippen LogP contribution in [-0.2, 0) is 18.3 Å². The molecule has 0 spiro atoms. The van der Waals surface area contributed by atoms with Gasteiger partial charge in [-0.05, 0) is 38.1 Å². The number of hydrogen-bond acceptors (Lipinski definition) is 6. The lowest BCUT2D eigenvalue weighted by Crippen LogP contribution is -2.27. The van der Waals surface area contributed by atoms with Crippen LogP contribution in [0.2, 0.25) is 0 Å². The van der Waals surface area contributed by atoms with E-state index < -0.39 is 0 Å². The van der Waals surface area contributed by atoms with Gasteiger partial charge < -0.3 is 0 Å². The van der Waals surface area contributed by atoms with Crippen molar-refractivity contribution in [3.63, 3.8) is 0 Å². The highest BCUT2D eigenvalue weighted by molar-refractivity contribution is 5.85. The zero-order valence-corrected chi connectivity index (χ0v) is 14.2. The number of hydrogen-bond donors (Lipinski definition) is 0. The molecule has 0 radical (unpaired) electrons. The van der Waals surface area contributed by atoms with Crippen LogP contribution in [0.15, 0.2) is 30.7 Å². The number of likely N-dealkylation sites (tertiary alicyclic amines) is 1. The standard InChI is InChI=1S/C18H20N6O/c1-23-12-18(21-22-23)14-6-13-7-15(19-10-17(13)20-9-14)8-16(25)11-24-4-2-3-5-24/h6-7,9-10,12H,2-5,8,11H2,1H3. The van der Waals surface area contributed by atoms with Gasteiger partial charge in [0.1, 0.15) is 5.69 Å². The Bertz CT molecular complexity index is 913. The summed E-state index contributed by atoms with van der Waals surface area (Å²) in [6.07, 6.45) is 8.10. The number of fused-ring (bicyclic) bond motifs is 1. The van der Waals surface area contributed by atoms with E-state index in [2.05, 4.69) is 25.2 Å². The topological polar surface area (TPSA) is 76.8 Å². The third kappa shape index (κ3) is 3.56. The summed E-state index contributed by atoms with van der Waals surface area (Å²) >= 11 is 0. The number of carbonyl (C=O) groups is 1. The van der Waals surface area contributed by atoms with Gasteiger partial charge in [-0.2, -0.15) is 0 Å². The van der Waals surface area contributed by atoms with Crippen molar-refractivity contribution in [3.8, 4) is 11.3 Å². The van der Waals surface area contributed by atoms with Crippen LogP contribution in [0, 0.1) is 0 Å². The molecule has 0 unspecified atom stereocenters. The molecule has 0 aliphatic carbocycles. The lowest BCUT2D eigenvalue weighted by atomic mass is 10.1. The summed E-state index contributed by atoms with van der Waals surface area (Å²) in [5.41, 5.74) is 3.28. The largest absolute Gasteiger partial charge is 0.298 e. The molecule has 0 aromatic carbocycles. The third-order valence-electron chi connectivity index (χ3n) is 4.50. The second-order valence-electron chi connectivity index (χ2n) is 6.57. The number of nitrogens with zero attached hydrogens (tertiary/aromatic N) is 6. The molecule has 25 heavy (non-hydrogen) atoms. The summed E-state index contributed by atoms with van der Waals surface area (Å²) in [6, 6.07) is 3.96. The van der Waals surface area contributed by atoms with Gasteiger partial charge >= 0.3 is 0 Å². The highest BCUT2D eigenvalue weighted by atomic mass is 16.1. The van der Waals surface area contributed by atoms with Gasteiger partial charge in [-0.25, -0.2) is 0 Å². The molecule has 0 N–H and O–H groups in total. The molecule has 0 saturated carbocycles. The molecule has 1 fully saturated rings. The lowest BCUT2D eigenvalue weighted by Gasteiger charge is -2.13. The van der Waals surface area contributed by atoms with Gasteiger partial charge in [0.25, 0.3) is 0 Å². The summed E-state index contributed by atoms with van der Waals surface area (Å²) in [5.74, 6) is 0.215.